The molecule has 1 aliphatic heterocycles. The monoisotopic (exact) mass is 587 g/mol. The van der Waals surface area contributed by atoms with Gasteiger partial charge in [0.15, 0.2) is 0 Å². The number of aromatic nitrogens is 3. The SMILES string of the molecule is CNC(=O)[C@@H]1CCCN1S(=O)(=O)c1ccc(Cl)c(COc2cccc3c(-c4nccn4C)cc(C)nc23)c1Cl. The van der Waals surface area contributed by atoms with Crippen molar-refractivity contribution in [2.75, 3.05) is 13.6 Å². The lowest BCUT2D eigenvalue weighted by Crippen LogP contribution is -2.44. The van der Waals surface area contributed by atoms with Gasteiger partial charge in [0.2, 0.25) is 15.9 Å². The lowest BCUT2D eigenvalue weighted by Gasteiger charge is -2.24. The van der Waals surface area contributed by atoms with E-state index in [9.17, 15) is 13.2 Å². The Morgan fingerprint density at radius 2 is 2.03 bits per heavy atom. The van der Waals surface area contributed by atoms with E-state index in [4.69, 9.17) is 32.9 Å². The highest BCUT2D eigenvalue weighted by molar-refractivity contribution is 7.89. The van der Waals surface area contributed by atoms with Crippen molar-refractivity contribution in [1.82, 2.24) is 24.2 Å². The molecule has 0 bridgehead atoms. The number of carbonyl (C=O) groups is 1. The topological polar surface area (TPSA) is 106 Å². The molecule has 39 heavy (non-hydrogen) atoms. The average molecular weight is 589 g/mol. The third kappa shape index (κ3) is 4.98. The van der Waals surface area contributed by atoms with Crippen LogP contribution < -0.4 is 10.1 Å². The third-order valence-electron chi connectivity index (χ3n) is 6.85. The van der Waals surface area contributed by atoms with E-state index in [1.807, 2.05) is 42.9 Å². The number of halogens is 2. The highest BCUT2D eigenvalue weighted by Crippen LogP contribution is 2.37. The molecule has 2 aromatic carbocycles. The molecule has 12 heteroatoms. The smallest absolute Gasteiger partial charge is 0.245 e. The van der Waals surface area contributed by atoms with Crippen molar-refractivity contribution in [3.63, 3.8) is 0 Å². The fourth-order valence-corrected chi connectivity index (χ4v) is 7.44. The number of hydrogen-bond donors (Lipinski definition) is 1. The molecular formula is C27H27Cl2N5O4S. The van der Waals surface area contributed by atoms with E-state index in [2.05, 4.69) is 10.3 Å². The van der Waals surface area contributed by atoms with Crippen molar-refractivity contribution >= 4 is 50.0 Å². The number of para-hydroxylation sites is 1. The predicted octanol–water partition coefficient (Wildman–Crippen LogP) is 4.73. The average Bonchev–Trinajstić information content (AvgIpc) is 3.57. The maximum absolute atomic E-state index is 13.6. The van der Waals surface area contributed by atoms with Crippen LogP contribution in [0.2, 0.25) is 10.0 Å². The van der Waals surface area contributed by atoms with Gasteiger partial charge in [0.25, 0.3) is 0 Å². The van der Waals surface area contributed by atoms with Gasteiger partial charge in [-0.15, -0.1) is 0 Å². The number of nitrogens with zero attached hydrogens (tertiary/aromatic N) is 4. The number of amides is 1. The number of pyridine rings is 1. The summed E-state index contributed by atoms with van der Waals surface area (Å²) in [5.74, 6) is 0.934. The minimum Gasteiger partial charge on any atom is -0.487 e. The Hall–Kier alpha value is -3.18. The van der Waals surface area contributed by atoms with Gasteiger partial charge in [-0.1, -0.05) is 35.3 Å². The first-order chi connectivity index (χ1) is 18.6. The fourth-order valence-electron chi connectivity index (χ4n) is 4.92. The second-order valence-electron chi connectivity index (χ2n) is 9.34. The number of likely N-dealkylation sites (N-methyl/N-ethyl adjacent to an activating group) is 1. The van der Waals surface area contributed by atoms with E-state index in [0.29, 0.717) is 29.7 Å². The number of sulfonamides is 1. The number of ether oxygens (including phenoxy) is 1. The summed E-state index contributed by atoms with van der Waals surface area (Å²) in [6.45, 7) is 2.03. The van der Waals surface area contributed by atoms with Crippen LogP contribution in [-0.2, 0) is 28.5 Å². The van der Waals surface area contributed by atoms with Gasteiger partial charge >= 0.3 is 0 Å². The van der Waals surface area contributed by atoms with Crippen molar-refractivity contribution in [2.45, 2.75) is 37.3 Å². The maximum Gasteiger partial charge on any atom is 0.245 e. The van der Waals surface area contributed by atoms with Crippen LogP contribution in [0.5, 0.6) is 5.75 Å². The first-order valence-corrected chi connectivity index (χ1v) is 14.5. The molecular weight excluding hydrogens is 561 g/mol. The number of nitrogens with one attached hydrogen (secondary N) is 1. The van der Waals surface area contributed by atoms with Crippen LogP contribution >= 0.6 is 23.2 Å². The standard InChI is InChI=1S/C27H27Cl2N5O4S/c1-16-14-18(26-31-11-13-33(26)3)17-6-4-8-22(25(17)32-16)38-15-19-20(28)9-10-23(24(19)29)39(36,37)34-12-5-7-21(34)27(35)30-2/h4,6,8-11,13-14,21H,5,7,12,15H2,1-3H3,(H,30,35)/t21-/m0/s1. The molecule has 1 fully saturated rings. The van der Waals surface area contributed by atoms with Crippen molar-refractivity contribution < 1.29 is 17.9 Å². The maximum atomic E-state index is 13.6. The molecule has 0 unspecified atom stereocenters. The molecule has 1 amide bonds. The highest BCUT2D eigenvalue weighted by atomic mass is 35.5. The molecule has 0 radical (unpaired) electrons. The molecule has 5 rings (SSSR count). The Kier molecular flexibility index (Phi) is 7.56. The minimum absolute atomic E-state index is 0.0388. The second kappa shape index (κ2) is 10.8. The van der Waals surface area contributed by atoms with Gasteiger partial charge in [0.1, 0.15) is 34.6 Å². The van der Waals surface area contributed by atoms with Gasteiger partial charge in [0.05, 0.1) is 5.02 Å². The van der Waals surface area contributed by atoms with E-state index in [0.717, 1.165) is 22.5 Å². The zero-order valence-electron chi connectivity index (χ0n) is 21.6. The largest absolute Gasteiger partial charge is 0.487 e. The van der Waals surface area contributed by atoms with Crippen LogP contribution in [-0.4, -0.2) is 52.8 Å². The molecule has 1 aliphatic rings. The van der Waals surface area contributed by atoms with Crippen molar-refractivity contribution in [3.8, 4) is 17.1 Å². The van der Waals surface area contributed by atoms with E-state index >= 15 is 0 Å². The molecule has 0 saturated carbocycles. The van der Waals surface area contributed by atoms with Crippen LogP contribution in [0.15, 0.2) is 53.7 Å². The van der Waals surface area contributed by atoms with Gasteiger partial charge < -0.3 is 14.6 Å². The van der Waals surface area contributed by atoms with E-state index in [1.54, 1.807) is 12.3 Å². The summed E-state index contributed by atoms with van der Waals surface area (Å²) in [6.07, 6.45) is 4.63. The van der Waals surface area contributed by atoms with Gasteiger partial charge in [-0.2, -0.15) is 4.31 Å². The summed E-state index contributed by atoms with van der Waals surface area (Å²) in [6, 6.07) is 9.63. The van der Waals surface area contributed by atoms with Gasteiger partial charge in [-0.3, -0.25) is 4.79 Å². The molecule has 0 spiro atoms. The second-order valence-corrected chi connectivity index (χ2v) is 12.0. The van der Waals surface area contributed by atoms with E-state index < -0.39 is 16.1 Å². The van der Waals surface area contributed by atoms with Crippen molar-refractivity contribution in [3.05, 3.63) is 70.1 Å². The number of fused-ring (bicyclic) bond motifs is 1. The molecule has 2 aromatic heterocycles. The Morgan fingerprint density at radius 1 is 1.23 bits per heavy atom. The lowest BCUT2D eigenvalue weighted by molar-refractivity contribution is -0.123. The predicted molar refractivity (Wildman–Crippen MR) is 150 cm³/mol. The van der Waals surface area contributed by atoms with Crippen LogP contribution in [0.25, 0.3) is 22.3 Å². The van der Waals surface area contributed by atoms with Gasteiger partial charge in [-0.05, 0) is 44.0 Å². The summed E-state index contributed by atoms with van der Waals surface area (Å²) < 4.78 is 36.4. The zero-order chi connectivity index (χ0) is 27.9. The number of aryl methyl sites for hydroxylation is 2. The molecule has 4 aromatic rings. The first kappa shape index (κ1) is 27.4. The normalized spacial score (nSPS) is 16.1. The summed E-state index contributed by atoms with van der Waals surface area (Å²) >= 11 is 13.1. The molecule has 9 nitrogen and oxygen atoms in total. The number of rotatable bonds is 7. The number of hydrogen-bond acceptors (Lipinski definition) is 6. The molecule has 1 saturated heterocycles. The third-order valence-corrected chi connectivity index (χ3v) is 9.70. The quantitative estimate of drug-likeness (QED) is 0.335. The Morgan fingerprint density at radius 3 is 2.74 bits per heavy atom. The van der Waals surface area contributed by atoms with E-state index in [1.165, 1.54) is 23.5 Å². The summed E-state index contributed by atoms with van der Waals surface area (Å²) in [5, 5.41) is 3.62. The number of imidazole rings is 1. The van der Waals surface area contributed by atoms with Crippen LogP contribution in [0, 0.1) is 6.92 Å². The number of carbonyl (C=O) groups excluding carboxylic acids is 1. The fraction of sp³-hybridized carbons (Fsp3) is 0.296. The molecule has 1 N–H and O–H groups in total. The van der Waals surface area contributed by atoms with Crippen molar-refractivity contribution in [1.29, 1.82) is 0 Å². The Labute approximate surface area is 236 Å². The molecule has 204 valence electrons. The minimum atomic E-state index is -4.07. The first-order valence-electron chi connectivity index (χ1n) is 12.3. The lowest BCUT2D eigenvalue weighted by atomic mass is 10.1. The van der Waals surface area contributed by atoms with Crippen LogP contribution in [0.1, 0.15) is 24.1 Å². The number of benzene rings is 2. The van der Waals surface area contributed by atoms with Crippen LogP contribution in [0.3, 0.4) is 0 Å². The van der Waals surface area contributed by atoms with Crippen molar-refractivity contribution in [2.24, 2.45) is 7.05 Å². The van der Waals surface area contributed by atoms with Gasteiger partial charge in [-0.25, -0.2) is 18.4 Å². The summed E-state index contributed by atoms with van der Waals surface area (Å²) in [4.78, 5) is 21.4. The Balaban J connectivity index is 1.50. The van der Waals surface area contributed by atoms with Crippen LogP contribution in [0.4, 0.5) is 0 Å². The molecule has 3 heterocycles. The summed E-state index contributed by atoms with van der Waals surface area (Å²) in [5.41, 5.74) is 2.66. The summed E-state index contributed by atoms with van der Waals surface area (Å²) in [7, 11) is -0.656. The van der Waals surface area contributed by atoms with E-state index in [-0.39, 0.29) is 34.0 Å². The van der Waals surface area contributed by atoms with Gasteiger partial charge in [0, 0.05) is 60.3 Å². The zero-order valence-corrected chi connectivity index (χ0v) is 23.9. The Bertz CT molecular complexity index is 1690. The highest BCUT2D eigenvalue weighted by Gasteiger charge is 2.40. The molecule has 1 atom stereocenters. The molecule has 0 aliphatic carbocycles.